The molecule has 0 saturated carbocycles. The van der Waals surface area contributed by atoms with Crippen molar-refractivity contribution >= 4 is 11.9 Å². The summed E-state index contributed by atoms with van der Waals surface area (Å²) in [4.78, 5) is 23.5. The number of rotatable bonds is 2. The van der Waals surface area contributed by atoms with Crippen molar-refractivity contribution in [2.75, 3.05) is 0 Å². The number of nitrogens with one attached hydrogen (secondary N) is 1. The molecule has 4 heteroatoms. The van der Waals surface area contributed by atoms with E-state index < -0.39 is 0 Å². The van der Waals surface area contributed by atoms with E-state index in [0.29, 0.717) is 6.54 Å². The minimum atomic E-state index is -0.362. The maximum Gasteiger partial charge on any atom is 0.325 e. The molecule has 1 radical (unpaired) electrons. The third-order valence-corrected chi connectivity index (χ3v) is 2.01. The second kappa shape index (κ2) is 3.49. The van der Waals surface area contributed by atoms with Gasteiger partial charge in [-0.1, -0.05) is 30.3 Å². The summed E-state index contributed by atoms with van der Waals surface area (Å²) in [6, 6.07) is 9.02. The van der Waals surface area contributed by atoms with Gasteiger partial charge in [0.25, 0.3) is 5.91 Å². The summed E-state index contributed by atoms with van der Waals surface area (Å²) in [5.74, 6) is -0.293. The minimum absolute atomic E-state index is 0.293. The Kier molecular flexibility index (Phi) is 2.18. The van der Waals surface area contributed by atoms with Crippen LogP contribution in [-0.4, -0.2) is 16.8 Å². The van der Waals surface area contributed by atoms with Crippen LogP contribution in [0.25, 0.3) is 0 Å². The highest BCUT2D eigenvalue weighted by Crippen LogP contribution is 2.09. The van der Waals surface area contributed by atoms with Crippen molar-refractivity contribution < 1.29 is 9.59 Å². The van der Waals surface area contributed by atoms with E-state index in [1.54, 1.807) is 0 Å². The fourth-order valence-corrected chi connectivity index (χ4v) is 1.30. The van der Waals surface area contributed by atoms with Crippen LogP contribution in [0.1, 0.15) is 5.56 Å². The van der Waals surface area contributed by atoms with Crippen LogP contribution in [0.15, 0.2) is 30.3 Å². The van der Waals surface area contributed by atoms with E-state index in [0.717, 1.165) is 10.5 Å². The Bertz CT molecular complexity index is 346. The van der Waals surface area contributed by atoms with Gasteiger partial charge in [-0.15, -0.1) is 0 Å². The Morgan fingerprint density at radius 1 is 1.14 bits per heavy atom. The molecule has 71 valence electrons. The van der Waals surface area contributed by atoms with Gasteiger partial charge >= 0.3 is 6.03 Å². The number of urea groups is 1. The summed E-state index contributed by atoms with van der Waals surface area (Å²) >= 11 is 0. The normalized spacial score (nSPS) is 15.9. The minimum Gasteiger partial charge on any atom is -0.323 e. The molecule has 0 aromatic heterocycles. The lowest BCUT2D eigenvalue weighted by Gasteiger charge is -2.11. The zero-order valence-electron chi connectivity index (χ0n) is 7.43. The molecular formula is C10H9N2O2. The first-order valence-electron chi connectivity index (χ1n) is 4.26. The van der Waals surface area contributed by atoms with Crippen LogP contribution >= 0.6 is 0 Å². The fraction of sp³-hybridized carbons (Fsp3) is 0.100. The van der Waals surface area contributed by atoms with Gasteiger partial charge in [-0.25, -0.2) is 4.79 Å². The van der Waals surface area contributed by atoms with Crippen molar-refractivity contribution in [2.45, 2.75) is 6.54 Å². The monoisotopic (exact) mass is 189 g/mol. The Morgan fingerprint density at radius 2 is 1.86 bits per heavy atom. The molecule has 1 saturated heterocycles. The summed E-state index contributed by atoms with van der Waals surface area (Å²) < 4.78 is 0. The Hall–Kier alpha value is -1.84. The molecule has 1 aromatic rings. The quantitative estimate of drug-likeness (QED) is 0.703. The molecule has 1 aliphatic rings. The third-order valence-electron chi connectivity index (χ3n) is 2.01. The lowest BCUT2D eigenvalue weighted by molar-refractivity contribution is -0.123. The standard InChI is InChI=1S/C10H9N2O2/c13-9-6-11-10(14)12(9)7-8-4-2-1-3-5-8/h1-6H,7H2,(H,11,14). The van der Waals surface area contributed by atoms with Crippen LogP contribution in [0, 0.1) is 6.54 Å². The molecule has 0 atom stereocenters. The number of imide groups is 1. The van der Waals surface area contributed by atoms with Gasteiger partial charge in [-0.3, -0.25) is 9.69 Å². The first-order chi connectivity index (χ1) is 6.77. The van der Waals surface area contributed by atoms with Crippen molar-refractivity contribution in [3.8, 4) is 0 Å². The highest BCUT2D eigenvalue weighted by molar-refractivity contribution is 6.05. The second-order valence-electron chi connectivity index (χ2n) is 3.00. The van der Waals surface area contributed by atoms with E-state index in [4.69, 9.17) is 0 Å². The molecule has 1 aliphatic heterocycles. The molecule has 1 N–H and O–H groups in total. The average Bonchev–Trinajstić information content (AvgIpc) is 2.51. The molecule has 3 amide bonds. The number of carbonyl (C=O) groups is 2. The van der Waals surface area contributed by atoms with Crippen LogP contribution in [0.5, 0.6) is 0 Å². The van der Waals surface area contributed by atoms with Gasteiger partial charge in [-0.05, 0) is 5.56 Å². The molecule has 0 aliphatic carbocycles. The molecule has 1 heterocycles. The van der Waals surface area contributed by atoms with E-state index in [-0.39, 0.29) is 11.9 Å². The summed E-state index contributed by atoms with van der Waals surface area (Å²) in [7, 11) is 0. The predicted octanol–water partition coefficient (Wildman–Crippen LogP) is 0.900. The smallest absolute Gasteiger partial charge is 0.323 e. The topological polar surface area (TPSA) is 49.4 Å². The van der Waals surface area contributed by atoms with Crippen molar-refractivity contribution in [2.24, 2.45) is 0 Å². The SMILES string of the molecule is O=C1[CH]NC(=O)N1Cc1ccccc1. The molecule has 4 nitrogen and oxygen atoms in total. The number of nitrogens with zero attached hydrogens (tertiary/aromatic N) is 1. The van der Waals surface area contributed by atoms with Gasteiger partial charge < -0.3 is 5.32 Å². The number of hydrogen-bond acceptors (Lipinski definition) is 2. The molecule has 0 spiro atoms. The number of amides is 3. The van der Waals surface area contributed by atoms with Crippen LogP contribution in [0.3, 0.4) is 0 Å². The van der Waals surface area contributed by atoms with Crippen molar-refractivity contribution in [3.05, 3.63) is 42.4 Å². The van der Waals surface area contributed by atoms with Gasteiger partial charge in [0.2, 0.25) is 0 Å². The first-order valence-corrected chi connectivity index (χ1v) is 4.26. The maximum atomic E-state index is 11.2. The lowest BCUT2D eigenvalue weighted by atomic mass is 10.2. The predicted molar refractivity (Wildman–Crippen MR) is 49.8 cm³/mol. The second-order valence-corrected chi connectivity index (χ2v) is 3.00. The highest BCUT2D eigenvalue weighted by Gasteiger charge is 2.28. The van der Waals surface area contributed by atoms with E-state index in [1.807, 2.05) is 30.3 Å². The van der Waals surface area contributed by atoms with E-state index in [9.17, 15) is 9.59 Å². The lowest BCUT2D eigenvalue weighted by Crippen LogP contribution is -2.30. The fourth-order valence-electron chi connectivity index (χ4n) is 1.30. The van der Waals surface area contributed by atoms with Gasteiger partial charge in [-0.2, -0.15) is 0 Å². The summed E-state index contributed by atoms with van der Waals surface area (Å²) in [6.07, 6.45) is 0. The van der Waals surface area contributed by atoms with Crippen LogP contribution < -0.4 is 5.32 Å². The zero-order chi connectivity index (χ0) is 9.97. The summed E-state index contributed by atoms with van der Waals surface area (Å²) in [5, 5.41) is 2.35. The molecule has 14 heavy (non-hydrogen) atoms. The van der Waals surface area contributed by atoms with Crippen LogP contribution in [0.2, 0.25) is 0 Å². The van der Waals surface area contributed by atoms with Crippen LogP contribution in [0.4, 0.5) is 4.79 Å². The first kappa shape index (κ1) is 8.74. The average molecular weight is 189 g/mol. The van der Waals surface area contributed by atoms with Crippen molar-refractivity contribution in [1.82, 2.24) is 10.2 Å². The van der Waals surface area contributed by atoms with Gasteiger partial charge in [0.05, 0.1) is 6.54 Å². The number of benzene rings is 1. The number of hydrogen-bond donors (Lipinski definition) is 1. The molecule has 0 bridgehead atoms. The van der Waals surface area contributed by atoms with Gasteiger partial charge in [0.15, 0.2) is 0 Å². The highest BCUT2D eigenvalue weighted by atomic mass is 16.2. The Balaban J connectivity index is 2.11. The largest absolute Gasteiger partial charge is 0.325 e. The zero-order valence-corrected chi connectivity index (χ0v) is 7.43. The Morgan fingerprint density at radius 3 is 2.43 bits per heavy atom. The van der Waals surface area contributed by atoms with Crippen molar-refractivity contribution in [1.29, 1.82) is 0 Å². The van der Waals surface area contributed by atoms with Gasteiger partial charge in [0.1, 0.15) is 6.54 Å². The van der Waals surface area contributed by atoms with E-state index in [2.05, 4.69) is 5.32 Å². The summed E-state index contributed by atoms with van der Waals surface area (Å²) in [5.41, 5.74) is 0.936. The van der Waals surface area contributed by atoms with E-state index >= 15 is 0 Å². The molecular weight excluding hydrogens is 180 g/mol. The third kappa shape index (κ3) is 1.59. The molecule has 1 aromatic carbocycles. The summed E-state index contributed by atoms with van der Waals surface area (Å²) in [6.45, 7) is 1.49. The van der Waals surface area contributed by atoms with Crippen LogP contribution in [-0.2, 0) is 11.3 Å². The number of carbonyl (C=O) groups excluding carboxylic acids is 2. The molecule has 1 fully saturated rings. The van der Waals surface area contributed by atoms with E-state index in [1.165, 1.54) is 6.54 Å². The maximum absolute atomic E-state index is 11.2. The van der Waals surface area contributed by atoms with Gasteiger partial charge in [0, 0.05) is 0 Å². The molecule has 2 rings (SSSR count). The Labute approximate surface area is 81.5 Å². The van der Waals surface area contributed by atoms with Crippen molar-refractivity contribution in [3.63, 3.8) is 0 Å². The molecule has 0 unspecified atom stereocenters.